The molecule has 0 aliphatic rings. The lowest BCUT2D eigenvalue weighted by Gasteiger charge is -2.21. The van der Waals surface area contributed by atoms with Crippen molar-refractivity contribution < 1.29 is 18.0 Å². The number of carbonyl (C=O) groups is 2. The van der Waals surface area contributed by atoms with Crippen LogP contribution in [0.25, 0.3) is 0 Å². The van der Waals surface area contributed by atoms with E-state index in [4.69, 9.17) is 5.14 Å². The molecule has 0 radical (unpaired) electrons. The molecule has 1 aromatic carbocycles. The van der Waals surface area contributed by atoms with Crippen LogP contribution >= 0.6 is 11.3 Å². The molecule has 1 heterocycles. The summed E-state index contributed by atoms with van der Waals surface area (Å²) in [5.74, 6) is -0.782. The number of carbonyl (C=O) groups excluding carboxylic acids is 2. The quantitative estimate of drug-likeness (QED) is 0.646. The summed E-state index contributed by atoms with van der Waals surface area (Å²) in [7, 11) is -3.75. The molecule has 7 nitrogen and oxygen atoms in total. The zero-order chi connectivity index (χ0) is 20.2. The van der Waals surface area contributed by atoms with Gasteiger partial charge in [-0.05, 0) is 37.1 Å². The third-order valence-corrected chi connectivity index (χ3v) is 6.43. The number of aryl methyl sites for hydroxylation is 1. The minimum atomic E-state index is -3.75. The molecule has 2 amide bonds. The predicted molar refractivity (Wildman–Crippen MR) is 105 cm³/mol. The smallest absolute Gasteiger partial charge is 0.251 e. The molecule has 0 spiro atoms. The van der Waals surface area contributed by atoms with Crippen molar-refractivity contribution in [3.63, 3.8) is 0 Å². The molecule has 0 unspecified atom stereocenters. The van der Waals surface area contributed by atoms with Gasteiger partial charge >= 0.3 is 0 Å². The van der Waals surface area contributed by atoms with Crippen molar-refractivity contribution in [1.29, 1.82) is 0 Å². The number of hydrogen-bond donors (Lipinski definition) is 3. The zero-order valence-corrected chi connectivity index (χ0v) is 17.0. The molecule has 146 valence electrons. The summed E-state index contributed by atoms with van der Waals surface area (Å²) in [5.41, 5.74) is 1.52. The largest absolute Gasteiger partial charge is 0.349 e. The van der Waals surface area contributed by atoms with Crippen molar-refractivity contribution in [3.8, 4) is 0 Å². The second-order valence-corrected chi connectivity index (χ2v) is 9.50. The molecular weight excluding hydrogens is 386 g/mol. The Hall–Kier alpha value is -2.23. The number of thiophene rings is 1. The molecule has 27 heavy (non-hydrogen) atoms. The fourth-order valence-electron chi connectivity index (χ4n) is 2.35. The Kier molecular flexibility index (Phi) is 6.74. The molecule has 1 atom stereocenters. The number of amides is 2. The fourth-order valence-corrected chi connectivity index (χ4v) is 4.07. The fraction of sp³-hybridized carbons (Fsp3) is 0.333. The van der Waals surface area contributed by atoms with Gasteiger partial charge in [-0.25, -0.2) is 13.6 Å². The van der Waals surface area contributed by atoms with Gasteiger partial charge in [-0.2, -0.15) is 0 Å². The Morgan fingerprint density at radius 3 is 2.26 bits per heavy atom. The van der Waals surface area contributed by atoms with E-state index in [2.05, 4.69) is 10.6 Å². The summed E-state index contributed by atoms with van der Waals surface area (Å²) in [5, 5.41) is 10.6. The van der Waals surface area contributed by atoms with E-state index in [1.165, 1.54) is 6.07 Å². The van der Waals surface area contributed by atoms with Crippen LogP contribution in [0.1, 0.15) is 34.6 Å². The molecule has 0 saturated heterocycles. The van der Waals surface area contributed by atoms with Gasteiger partial charge in [0.1, 0.15) is 10.3 Å². The van der Waals surface area contributed by atoms with E-state index in [0.29, 0.717) is 10.4 Å². The van der Waals surface area contributed by atoms with Crippen LogP contribution < -0.4 is 15.8 Å². The second-order valence-electron chi connectivity index (χ2n) is 6.54. The maximum Gasteiger partial charge on any atom is 0.251 e. The minimum Gasteiger partial charge on any atom is -0.349 e. The van der Waals surface area contributed by atoms with E-state index in [1.54, 1.807) is 18.2 Å². The molecule has 9 heteroatoms. The molecule has 0 aliphatic heterocycles. The normalized spacial score (nSPS) is 12.6. The number of nitrogens with two attached hydrogens (primary N) is 1. The molecular formula is C18H23N3O4S2. The van der Waals surface area contributed by atoms with Gasteiger partial charge < -0.3 is 10.6 Å². The van der Waals surface area contributed by atoms with E-state index in [1.807, 2.05) is 32.9 Å². The Bertz CT molecular complexity index is 918. The van der Waals surface area contributed by atoms with Crippen LogP contribution in [0.4, 0.5) is 0 Å². The van der Waals surface area contributed by atoms with E-state index >= 15 is 0 Å². The minimum absolute atomic E-state index is 0.0415. The topological polar surface area (TPSA) is 118 Å². The van der Waals surface area contributed by atoms with Gasteiger partial charge in [0.15, 0.2) is 0 Å². The van der Waals surface area contributed by atoms with E-state index in [9.17, 15) is 18.0 Å². The maximum absolute atomic E-state index is 12.5. The average molecular weight is 410 g/mol. The highest BCUT2D eigenvalue weighted by molar-refractivity contribution is 7.91. The number of sulfonamides is 1. The van der Waals surface area contributed by atoms with Crippen LogP contribution in [0, 0.1) is 12.8 Å². The summed E-state index contributed by atoms with van der Waals surface area (Å²) in [4.78, 5) is 25.6. The van der Waals surface area contributed by atoms with Gasteiger partial charge in [0.25, 0.3) is 5.91 Å². The Balaban J connectivity index is 2.01. The van der Waals surface area contributed by atoms with Crippen molar-refractivity contribution in [2.75, 3.05) is 0 Å². The lowest BCUT2D eigenvalue weighted by Crippen LogP contribution is -2.49. The molecule has 0 fully saturated rings. The molecule has 4 N–H and O–H groups in total. The molecule has 1 aromatic heterocycles. The average Bonchev–Trinajstić information content (AvgIpc) is 3.07. The van der Waals surface area contributed by atoms with Crippen molar-refractivity contribution in [1.82, 2.24) is 10.6 Å². The summed E-state index contributed by atoms with van der Waals surface area (Å²) in [6.45, 7) is 5.76. The third-order valence-electron chi connectivity index (χ3n) is 3.90. The number of hydrogen-bond acceptors (Lipinski definition) is 5. The van der Waals surface area contributed by atoms with Crippen LogP contribution in [0.5, 0.6) is 0 Å². The maximum atomic E-state index is 12.5. The summed E-state index contributed by atoms with van der Waals surface area (Å²) in [6, 6.07) is 9.37. The first kappa shape index (κ1) is 21.1. The number of benzene rings is 1. The summed E-state index contributed by atoms with van der Waals surface area (Å²) in [6.07, 6.45) is 0. The van der Waals surface area contributed by atoms with Crippen LogP contribution in [-0.2, 0) is 21.4 Å². The van der Waals surface area contributed by atoms with Crippen molar-refractivity contribution in [2.24, 2.45) is 11.1 Å². The Morgan fingerprint density at radius 2 is 1.74 bits per heavy atom. The zero-order valence-electron chi connectivity index (χ0n) is 15.4. The van der Waals surface area contributed by atoms with Crippen LogP contribution in [0.3, 0.4) is 0 Å². The van der Waals surface area contributed by atoms with Crippen LogP contribution in [0.2, 0.25) is 0 Å². The van der Waals surface area contributed by atoms with Crippen LogP contribution in [0.15, 0.2) is 40.6 Å². The van der Waals surface area contributed by atoms with Crippen molar-refractivity contribution >= 4 is 33.2 Å². The van der Waals surface area contributed by atoms with Gasteiger partial charge in [0.05, 0.1) is 6.54 Å². The lowest BCUT2D eigenvalue weighted by atomic mass is 10.0. The van der Waals surface area contributed by atoms with Gasteiger partial charge in [-0.15, -0.1) is 11.3 Å². The lowest BCUT2D eigenvalue weighted by molar-refractivity contribution is -0.124. The van der Waals surface area contributed by atoms with Gasteiger partial charge in [-0.3, -0.25) is 9.59 Å². The standard InChI is InChI=1S/C18H23N3O4S2/c1-11(2)16(21-17(22)13-6-4-12(3)5-7-13)18(23)20-10-14-8-9-15(26-14)27(19,24)25/h4-9,11,16H,10H2,1-3H3,(H,20,23)(H,21,22)(H2,19,24,25)/t16-/m0/s1. The highest BCUT2D eigenvalue weighted by Gasteiger charge is 2.24. The number of primary sulfonamides is 1. The van der Waals surface area contributed by atoms with E-state index in [-0.39, 0.29) is 28.5 Å². The first-order valence-electron chi connectivity index (χ1n) is 8.34. The molecule has 0 bridgehead atoms. The molecule has 0 saturated carbocycles. The van der Waals surface area contributed by atoms with Crippen molar-refractivity contribution in [3.05, 3.63) is 52.4 Å². The molecule has 2 rings (SSSR count). The SMILES string of the molecule is Cc1ccc(C(=O)N[C@H](C(=O)NCc2ccc(S(N)(=O)=O)s2)C(C)C)cc1. The number of nitrogens with one attached hydrogen (secondary N) is 2. The number of rotatable bonds is 7. The van der Waals surface area contributed by atoms with Crippen LogP contribution in [-0.4, -0.2) is 26.3 Å². The Morgan fingerprint density at radius 1 is 1.11 bits per heavy atom. The van der Waals surface area contributed by atoms with Gasteiger partial charge in [0, 0.05) is 10.4 Å². The third kappa shape index (κ3) is 5.88. The summed E-state index contributed by atoms with van der Waals surface area (Å²) >= 11 is 0.999. The van der Waals surface area contributed by atoms with E-state index < -0.39 is 16.1 Å². The predicted octanol–water partition coefficient (Wildman–Crippen LogP) is 1.77. The second kappa shape index (κ2) is 8.64. The van der Waals surface area contributed by atoms with Gasteiger partial charge in [0.2, 0.25) is 15.9 Å². The first-order valence-corrected chi connectivity index (χ1v) is 10.7. The van der Waals surface area contributed by atoms with E-state index in [0.717, 1.165) is 16.9 Å². The first-order chi connectivity index (χ1) is 12.6. The van der Waals surface area contributed by atoms with Crippen molar-refractivity contribution in [2.45, 2.75) is 37.6 Å². The molecule has 0 aliphatic carbocycles. The highest BCUT2D eigenvalue weighted by Crippen LogP contribution is 2.20. The highest BCUT2D eigenvalue weighted by atomic mass is 32.2. The Labute approximate surface area is 163 Å². The summed E-state index contributed by atoms with van der Waals surface area (Å²) < 4.78 is 22.7. The molecule has 2 aromatic rings. The monoisotopic (exact) mass is 409 g/mol. The van der Waals surface area contributed by atoms with Gasteiger partial charge in [-0.1, -0.05) is 31.5 Å².